The second-order valence-corrected chi connectivity index (χ2v) is 9.21. The normalized spacial score (nSPS) is 19.7. The standard InChI is InChI=1S/C9H15N3O4S3/c1-8-2-3-9(17-8)18(13,14)11-4-6-12(7-5-11)19(10,15)16/h2-3H,4-7H2,1H3,(H2,10,15,16). The number of nitrogens with zero attached hydrogens (tertiary/aromatic N) is 2. The van der Waals surface area contributed by atoms with Gasteiger partial charge in [0.25, 0.3) is 20.2 Å². The van der Waals surface area contributed by atoms with Gasteiger partial charge in [0, 0.05) is 31.1 Å². The maximum Gasteiger partial charge on any atom is 0.276 e. The van der Waals surface area contributed by atoms with Crippen LogP contribution in [-0.2, 0) is 20.2 Å². The zero-order valence-electron chi connectivity index (χ0n) is 10.3. The van der Waals surface area contributed by atoms with Gasteiger partial charge in [-0.05, 0) is 19.1 Å². The molecule has 0 saturated carbocycles. The first kappa shape index (κ1) is 14.9. The van der Waals surface area contributed by atoms with Crippen molar-refractivity contribution in [3.8, 4) is 0 Å². The van der Waals surface area contributed by atoms with Crippen LogP contribution in [0.25, 0.3) is 0 Å². The number of thiophene rings is 1. The molecular formula is C9H15N3O4S3. The molecule has 2 heterocycles. The quantitative estimate of drug-likeness (QED) is 0.814. The Bertz CT molecular complexity index is 657. The van der Waals surface area contributed by atoms with Gasteiger partial charge in [0.05, 0.1) is 0 Å². The molecule has 0 bridgehead atoms. The molecule has 7 nitrogen and oxygen atoms in total. The lowest BCUT2D eigenvalue weighted by molar-refractivity contribution is 0.273. The number of hydrogen-bond donors (Lipinski definition) is 1. The molecule has 1 aliphatic heterocycles. The van der Waals surface area contributed by atoms with Crippen molar-refractivity contribution < 1.29 is 16.8 Å². The molecular weight excluding hydrogens is 310 g/mol. The Morgan fingerprint density at radius 2 is 1.58 bits per heavy atom. The largest absolute Gasteiger partial charge is 0.276 e. The summed E-state index contributed by atoms with van der Waals surface area (Å²) in [7, 11) is -7.26. The van der Waals surface area contributed by atoms with E-state index in [-0.39, 0.29) is 30.4 Å². The van der Waals surface area contributed by atoms with Crippen molar-refractivity contribution in [3.63, 3.8) is 0 Å². The summed E-state index contributed by atoms with van der Waals surface area (Å²) in [5.41, 5.74) is 0. The van der Waals surface area contributed by atoms with E-state index in [1.54, 1.807) is 12.1 Å². The molecule has 1 fully saturated rings. The molecule has 1 aromatic heterocycles. The van der Waals surface area contributed by atoms with E-state index in [4.69, 9.17) is 5.14 Å². The molecule has 2 N–H and O–H groups in total. The van der Waals surface area contributed by atoms with Crippen LogP contribution >= 0.6 is 11.3 Å². The summed E-state index contributed by atoms with van der Waals surface area (Å²) in [5.74, 6) is 0. The SMILES string of the molecule is Cc1ccc(S(=O)(=O)N2CCN(S(N)(=O)=O)CC2)s1. The topological polar surface area (TPSA) is 101 Å². The lowest BCUT2D eigenvalue weighted by Crippen LogP contribution is -2.52. The van der Waals surface area contributed by atoms with Gasteiger partial charge >= 0.3 is 0 Å². The predicted octanol–water partition coefficient (Wildman–Crippen LogP) is -0.434. The minimum absolute atomic E-state index is 0.0857. The Kier molecular flexibility index (Phi) is 4.00. The zero-order valence-corrected chi connectivity index (χ0v) is 12.8. The molecule has 1 aliphatic rings. The first-order chi connectivity index (χ1) is 8.71. The number of sulfonamides is 1. The molecule has 0 amide bonds. The van der Waals surface area contributed by atoms with Crippen molar-refractivity contribution in [3.05, 3.63) is 17.0 Å². The highest BCUT2D eigenvalue weighted by molar-refractivity contribution is 7.91. The van der Waals surface area contributed by atoms with E-state index in [1.807, 2.05) is 6.92 Å². The average molecular weight is 325 g/mol. The van der Waals surface area contributed by atoms with Crippen molar-refractivity contribution in [1.82, 2.24) is 8.61 Å². The third kappa shape index (κ3) is 3.15. The van der Waals surface area contributed by atoms with Gasteiger partial charge in [0.1, 0.15) is 4.21 Å². The summed E-state index contributed by atoms with van der Waals surface area (Å²) in [6.07, 6.45) is 0. The summed E-state index contributed by atoms with van der Waals surface area (Å²) >= 11 is 1.21. The highest BCUT2D eigenvalue weighted by Gasteiger charge is 2.32. The fourth-order valence-electron chi connectivity index (χ4n) is 1.84. The molecule has 0 atom stereocenters. The lowest BCUT2D eigenvalue weighted by atomic mass is 10.4. The van der Waals surface area contributed by atoms with Crippen LogP contribution < -0.4 is 5.14 Å². The Labute approximate surface area is 116 Å². The molecule has 2 rings (SSSR count). The monoisotopic (exact) mass is 325 g/mol. The van der Waals surface area contributed by atoms with E-state index in [2.05, 4.69) is 0 Å². The van der Waals surface area contributed by atoms with Crippen molar-refractivity contribution in [2.75, 3.05) is 26.2 Å². The lowest BCUT2D eigenvalue weighted by Gasteiger charge is -2.31. The Hall–Kier alpha value is -0.520. The van der Waals surface area contributed by atoms with Gasteiger partial charge in [0.2, 0.25) is 0 Å². The van der Waals surface area contributed by atoms with Crippen LogP contribution in [0.4, 0.5) is 0 Å². The number of piperazine rings is 1. The van der Waals surface area contributed by atoms with E-state index in [1.165, 1.54) is 15.6 Å². The Balaban J connectivity index is 2.14. The summed E-state index contributed by atoms with van der Waals surface area (Å²) in [4.78, 5) is 0.918. The van der Waals surface area contributed by atoms with Crippen molar-refractivity contribution in [2.45, 2.75) is 11.1 Å². The van der Waals surface area contributed by atoms with Crippen LogP contribution in [0.5, 0.6) is 0 Å². The van der Waals surface area contributed by atoms with Gasteiger partial charge in [0.15, 0.2) is 0 Å². The molecule has 108 valence electrons. The number of hydrogen-bond acceptors (Lipinski definition) is 5. The summed E-state index contributed by atoms with van der Waals surface area (Å²) in [5, 5.41) is 5.01. The minimum Gasteiger partial charge on any atom is -0.216 e. The summed E-state index contributed by atoms with van der Waals surface area (Å²) in [6.45, 7) is 2.25. The zero-order chi connectivity index (χ0) is 14.3. The molecule has 1 saturated heterocycles. The van der Waals surface area contributed by atoms with Crippen LogP contribution in [0.1, 0.15) is 4.88 Å². The van der Waals surface area contributed by atoms with E-state index >= 15 is 0 Å². The molecule has 19 heavy (non-hydrogen) atoms. The highest BCUT2D eigenvalue weighted by Crippen LogP contribution is 2.25. The predicted molar refractivity (Wildman–Crippen MR) is 72.5 cm³/mol. The van der Waals surface area contributed by atoms with Crippen LogP contribution in [0.3, 0.4) is 0 Å². The number of nitrogens with two attached hydrogens (primary N) is 1. The van der Waals surface area contributed by atoms with Gasteiger partial charge in [-0.15, -0.1) is 11.3 Å². The summed E-state index contributed by atoms with van der Waals surface area (Å²) in [6, 6.07) is 3.32. The van der Waals surface area contributed by atoms with Gasteiger partial charge in [-0.25, -0.2) is 13.6 Å². The fraction of sp³-hybridized carbons (Fsp3) is 0.556. The maximum absolute atomic E-state index is 12.3. The Morgan fingerprint density at radius 3 is 2.00 bits per heavy atom. The van der Waals surface area contributed by atoms with Crippen molar-refractivity contribution >= 4 is 31.6 Å². The number of aryl methyl sites for hydroxylation is 1. The van der Waals surface area contributed by atoms with Gasteiger partial charge in [-0.1, -0.05) is 0 Å². The van der Waals surface area contributed by atoms with Crippen LogP contribution in [-0.4, -0.2) is 51.6 Å². The first-order valence-electron chi connectivity index (χ1n) is 5.56. The van der Waals surface area contributed by atoms with E-state index < -0.39 is 20.2 Å². The fourth-order valence-corrected chi connectivity index (χ4v) is 5.37. The third-order valence-electron chi connectivity index (χ3n) is 2.87. The molecule has 0 unspecified atom stereocenters. The van der Waals surface area contributed by atoms with Crippen LogP contribution in [0, 0.1) is 6.92 Å². The van der Waals surface area contributed by atoms with Crippen molar-refractivity contribution in [2.24, 2.45) is 5.14 Å². The van der Waals surface area contributed by atoms with Crippen LogP contribution in [0.2, 0.25) is 0 Å². The maximum atomic E-state index is 12.3. The average Bonchev–Trinajstić information content (AvgIpc) is 2.76. The first-order valence-corrected chi connectivity index (χ1v) is 9.32. The van der Waals surface area contributed by atoms with E-state index in [0.29, 0.717) is 0 Å². The highest BCUT2D eigenvalue weighted by atomic mass is 32.2. The summed E-state index contributed by atoms with van der Waals surface area (Å²) < 4.78 is 49.6. The van der Waals surface area contributed by atoms with Crippen LogP contribution in [0.15, 0.2) is 16.3 Å². The number of rotatable bonds is 3. The van der Waals surface area contributed by atoms with Gasteiger partial charge < -0.3 is 0 Å². The second-order valence-electron chi connectivity index (χ2n) is 4.21. The smallest absolute Gasteiger partial charge is 0.216 e. The van der Waals surface area contributed by atoms with E-state index in [0.717, 1.165) is 9.18 Å². The van der Waals surface area contributed by atoms with Crippen molar-refractivity contribution in [1.29, 1.82) is 0 Å². The molecule has 0 aromatic carbocycles. The molecule has 10 heteroatoms. The van der Waals surface area contributed by atoms with Gasteiger partial charge in [-0.2, -0.15) is 17.0 Å². The van der Waals surface area contributed by atoms with Gasteiger partial charge in [-0.3, -0.25) is 0 Å². The molecule has 0 aliphatic carbocycles. The molecule has 0 spiro atoms. The molecule has 0 radical (unpaired) electrons. The third-order valence-corrected chi connectivity index (χ3v) is 7.32. The van der Waals surface area contributed by atoms with E-state index in [9.17, 15) is 16.8 Å². The second kappa shape index (κ2) is 5.11. The molecule has 1 aromatic rings. The Morgan fingerprint density at radius 1 is 1.05 bits per heavy atom. The minimum atomic E-state index is -3.74.